The van der Waals surface area contributed by atoms with Crippen LogP contribution in [0.3, 0.4) is 0 Å². The van der Waals surface area contributed by atoms with Gasteiger partial charge in [0.2, 0.25) is 0 Å². The monoisotopic (exact) mass is 306 g/mol. The number of benzene rings is 2. The maximum absolute atomic E-state index is 13.0. The summed E-state index contributed by atoms with van der Waals surface area (Å²) < 4.78 is 11.9. The van der Waals surface area contributed by atoms with Gasteiger partial charge in [-0.15, -0.1) is 0 Å². The first-order chi connectivity index (χ1) is 11.3. The molecule has 23 heavy (non-hydrogen) atoms. The van der Waals surface area contributed by atoms with E-state index in [9.17, 15) is 4.79 Å². The summed E-state index contributed by atoms with van der Waals surface area (Å²) in [7, 11) is 0. The number of hydrogen-bond donors (Lipinski definition) is 0. The average molecular weight is 306 g/mol. The number of epoxide rings is 2. The molecule has 3 nitrogen and oxygen atoms in total. The molecule has 0 amide bonds. The summed E-state index contributed by atoms with van der Waals surface area (Å²) in [5.41, 5.74) is 2.52. The number of fused-ring (bicyclic) bond motifs is 1. The third kappa shape index (κ3) is 2.00. The number of aryl methyl sites for hydroxylation is 1. The Balaban J connectivity index is 1.40. The summed E-state index contributed by atoms with van der Waals surface area (Å²) in [6.45, 7) is 0. The minimum absolute atomic E-state index is 0.0200. The number of Topliss-reactive ketones (excluding diaryl/α,β-unsaturated/α-hetero) is 1. The minimum atomic E-state index is -0.638. The Labute approximate surface area is 135 Å². The van der Waals surface area contributed by atoms with Crippen LogP contribution in [-0.2, 0) is 15.9 Å². The average Bonchev–Trinajstić information content (AvgIpc) is 3.49. The second kappa shape index (κ2) is 4.76. The van der Waals surface area contributed by atoms with Crippen molar-refractivity contribution < 1.29 is 14.3 Å². The molecule has 1 aliphatic carbocycles. The Bertz CT molecular complexity index is 769. The fourth-order valence-electron chi connectivity index (χ4n) is 4.02. The van der Waals surface area contributed by atoms with Gasteiger partial charge in [-0.2, -0.15) is 0 Å². The molecule has 2 heterocycles. The van der Waals surface area contributed by atoms with E-state index in [0.717, 1.165) is 30.4 Å². The van der Waals surface area contributed by atoms with Crippen molar-refractivity contribution in [1.29, 1.82) is 0 Å². The first kappa shape index (κ1) is 13.5. The van der Waals surface area contributed by atoms with Gasteiger partial charge in [0.05, 0.1) is 0 Å². The molecule has 2 aromatic carbocycles. The van der Waals surface area contributed by atoms with E-state index in [1.54, 1.807) is 0 Å². The minimum Gasteiger partial charge on any atom is -0.362 e. The van der Waals surface area contributed by atoms with E-state index in [2.05, 4.69) is 18.2 Å². The zero-order valence-corrected chi connectivity index (χ0v) is 12.8. The fourth-order valence-corrected chi connectivity index (χ4v) is 4.02. The molecule has 0 N–H and O–H groups in total. The van der Waals surface area contributed by atoms with Crippen molar-refractivity contribution in [3.05, 3.63) is 71.3 Å². The third-order valence-corrected chi connectivity index (χ3v) is 5.33. The van der Waals surface area contributed by atoms with Gasteiger partial charge in [-0.1, -0.05) is 54.6 Å². The van der Waals surface area contributed by atoms with Gasteiger partial charge in [0.25, 0.3) is 0 Å². The standard InChI is InChI=1S/C20H18O3/c21-18-15-11-5-4-7-13(15)10-6-12-20(18)19(23-20)17-16(22-17)14-8-2-1-3-9-14/h1-5,7-9,11,16-17,19H,6,10,12H2/t16-,17+,19-,20-/m1/s1. The Morgan fingerprint density at radius 1 is 1.00 bits per heavy atom. The Hall–Kier alpha value is -1.97. The van der Waals surface area contributed by atoms with Crippen molar-refractivity contribution in [2.45, 2.75) is 43.2 Å². The lowest BCUT2D eigenvalue weighted by molar-refractivity contribution is 0.0867. The summed E-state index contributed by atoms with van der Waals surface area (Å²) in [5.74, 6) is 0.151. The van der Waals surface area contributed by atoms with E-state index in [1.807, 2.05) is 36.4 Å². The molecule has 0 unspecified atom stereocenters. The second-order valence-corrected chi connectivity index (χ2v) is 6.70. The molecule has 2 saturated heterocycles. The fraction of sp³-hybridized carbons (Fsp3) is 0.350. The largest absolute Gasteiger partial charge is 0.362 e. The molecular weight excluding hydrogens is 288 g/mol. The van der Waals surface area contributed by atoms with E-state index in [4.69, 9.17) is 9.47 Å². The highest BCUT2D eigenvalue weighted by Crippen LogP contribution is 2.56. The van der Waals surface area contributed by atoms with Crippen LogP contribution in [0.25, 0.3) is 0 Å². The van der Waals surface area contributed by atoms with E-state index in [0.29, 0.717) is 0 Å². The quantitative estimate of drug-likeness (QED) is 0.798. The second-order valence-electron chi connectivity index (χ2n) is 6.70. The molecule has 0 saturated carbocycles. The van der Waals surface area contributed by atoms with E-state index in [1.165, 1.54) is 5.56 Å². The first-order valence-electron chi connectivity index (χ1n) is 8.30. The van der Waals surface area contributed by atoms with Crippen molar-refractivity contribution in [3.8, 4) is 0 Å². The number of hydrogen-bond acceptors (Lipinski definition) is 3. The molecule has 116 valence electrons. The van der Waals surface area contributed by atoms with Crippen LogP contribution in [0.15, 0.2) is 54.6 Å². The van der Waals surface area contributed by atoms with Gasteiger partial charge >= 0.3 is 0 Å². The summed E-state index contributed by atoms with van der Waals surface area (Å²) in [4.78, 5) is 13.0. The highest BCUT2D eigenvalue weighted by atomic mass is 16.7. The summed E-state index contributed by atoms with van der Waals surface area (Å²) in [6.07, 6.45) is 2.74. The highest BCUT2D eigenvalue weighted by Gasteiger charge is 2.70. The normalized spacial score (nSPS) is 34.8. The van der Waals surface area contributed by atoms with Crippen molar-refractivity contribution in [2.75, 3.05) is 0 Å². The molecular formula is C20H18O3. The van der Waals surface area contributed by atoms with Crippen LogP contribution in [-0.4, -0.2) is 23.6 Å². The SMILES string of the molecule is O=C1c2ccccc2CCC[C@@]12O[C@@H]2[C@H]1O[C@@H]1c1ccccc1. The van der Waals surface area contributed by atoms with Crippen LogP contribution in [0.5, 0.6) is 0 Å². The first-order valence-corrected chi connectivity index (χ1v) is 8.30. The Morgan fingerprint density at radius 2 is 1.78 bits per heavy atom. The maximum Gasteiger partial charge on any atom is 0.197 e. The molecule has 3 aliphatic rings. The van der Waals surface area contributed by atoms with Crippen molar-refractivity contribution >= 4 is 5.78 Å². The van der Waals surface area contributed by atoms with Gasteiger partial charge in [0.15, 0.2) is 11.4 Å². The molecule has 0 bridgehead atoms. The summed E-state index contributed by atoms with van der Waals surface area (Å²) >= 11 is 0. The van der Waals surface area contributed by atoms with E-state index < -0.39 is 5.60 Å². The molecule has 2 fully saturated rings. The smallest absolute Gasteiger partial charge is 0.197 e. The van der Waals surface area contributed by atoms with Crippen LogP contribution in [0.2, 0.25) is 0 Å². The van der Waals surface area contributed by atoms with Crippen molar-refractivity contribution in [3.63, 3.8) is 0 Å². The number of carbonyl (C=O) groups is 1. The van der Waals surface area contributed by atoms with Gasteiger partial charge in [-0.05, 0) is 30.4 Å². The van der Waals surface area contributed by atoms with Crippen LogP contribution < -0.4 is 0 Å². The molecule has 0 radical (unpaired) electrons. The van der Waals surface area contributed by atoms with Gasteiger partial charge < -0.3 is 9.47 Å². The van der Waals surface area contributed by atoms with Crippen LogP contribution in [0, 0.1) is 0 Å². The van der Waals surface area contributed by atoms with Gasteiger partial charge in [-0.3, -0.25) is 4.79 Å². The maximum atomic E-state index is 13.0. The highest BCUT2D eigenvalue weighted by molar-refractivity contribution is 6.06. The Morgan fingerprint density at radius 3 is 2.65 bits per heavy atom. The number of ketones is 1. The van der Waals surface area contributed by atoms with Crippen LogP contribution in [0.1, 0.15) is 40.4 Å². The topological polar surface area (TPSA) is 42.1 Å². The predicted octanol–water partition coefficient (Wildman–Crippen LogP) is 3.48. The van der Waals surface area contributed by atoms with Gasteiger partial charge in [-0.25, -0.2) is 0 Å². The zero-order valence-electron chi connectivity index (χ0n) is 12.8. The molecule has 1 spiro atoms. The van der Waals surface area contributed by atoms with E-state index in [-0.39, 0.29) is 24.1 Å². The summed E-state index contributed by atoms with van der Waals surface area (Å²) in [6, 6.07) is 18.1. The lowest BCUT2D eigenvalue weighted by atomic mass is 9.89. The van der Waals surface area contributed by atoms with Crippen LogP contribution >= 0.6 is 0 Å². The molecule has 3 heteroatoms. The summed E-state index contributed by atoms with van der Waals surface area (Å²) in [5, 5.41) is 0. The number of rotatable bonds is 2. The lowest BCUT2D eigenvalue weighted by Gasteiger charge is -2.08. The molecule has 2 aromatic rings. The lowest BCUT2D eigenvalue weighted by Crippen LogP contribution is -2.28. The zero-order chi connectivity index (χ0) is 15.4. The van der Waals surface area contributed by atoms with Crippen LogP contribution in [0.4, 0.5) is 0 Å². The number of carbonyl (C=O) groups excluding carboxylic acids is 1. The van der Waals surface area contributed by atoms with Gasteiger partial charge in [0, 0.05) is 5.56 Å². The van der Waals surface area contributed by atoms with Gasteiger partial charge in [0.1, 0.15) is 18.3 Å². The molecule has 5 rings (SSSR count). The third-order valence-electron chi connectivity index (χ3n) is 5.33. The molecule has 2 aliphatic heterocycles. The number of ether oxygens (including phenoxy) is 2. The molecule has 0 aromatic heterocycles. The van der Waals surface area contributed by atoms with Crippen molar-refractivity contribution in [2.24, 2.45) is 0 Å². The Kier molecular flexibility index (Phi) is 2.79. The predicted molar refractivity (Wildman–Crippen MR) is 85.4 cm³/mol. The molecule has 4 atom stereocenters. The van der Waals surface area contributed by atoms with Crippen molar-refractivity contribution in [1.82, 2.24) is 0 Å². The van der Waals surface area contributed by atoms with E-state index >= 15 is 0 Å².